The van der Waals surface area contributed by atoms with Gasteiger partial charge in [0, 0.05) is 27.8 Å². The Morgan fingerprint density at radius 2 is 2.11 bits per heavy atom. The first-order valence-corrected chi connectivity index (χ1v) is 7.26. The molecule has 0 atom stereocenters. The van der Waals surface area contributed by atoms with Gasteiger partial charge in [-0.3, -0.25) is 4.68 Å². The number of hydrogen-bond donors (Lipinski definition) is 1. The summed E-state index contributed by atoms with van der Waals surface area (Å²) in [5.74, 6) is 0. The van der Waals surface area contributed by atoms with Gasteiger partial charge >= 0.3 is 0 Å². The quantitative estimate of drug-likeness (QED) is 0.878. The average molecular weight is 343 g/mol. The van der Waals surface area contributed by atoms with Gasteiger partial charge in [0.2, 0.25) is 0 Å². The predicted molar refractivity (Wildman–Crippen MR) is 83.7 cm³/mol. The Morgan fingerprint density at radius 1 is 1.37 bits per heavy atom. The Balaban J connectivity index is 2.06. The Hall–Kier alpha value is -1.00. The predicted octanol–water partition coefficient (Wildman–Crippen LogP) is 4.67. The molecule has 1 N–H and O–H groups in total. The smallest absolute Gasteiger partial charge is 0.0543 e. The number of rotatable bonds is 3. The first-order chi connectivity index (χ1) is 8.86. The third-order valence-electron chi connectivity index (χ3n) is 2.73. The highest BCUT2D eigenvalue weighted by Crippen LogP contribution is 2.26. The summed E-state index contributed by atoms with van der Waals surface area (Å²) in [7, 11) is 0. The number of anilines is 1. The summed E-state index contributed by atoms with van der Waals surface area (Å²) in [4.78, 5) is 0. The van der Waals surface area contributed by atoms with Gasteiger partial charge in [-0.15, -0.1) is 0 Å². The molecule has 0 amide bonds. The molecule has 0 fully saturated rings. The molecule has 0 saturated heterocycles. The molecule has 1 aromatic carbocycles. The van der Waals surface area contributed by atoms with Crippen LogP contribution < -0.4 is 5.32 Å². The normalized spacial score (nSPS) is 11.6. The Labute approximate surface area is 127 Å². The minimum absolute atomic E-state index is 0.00882. The van der Waals surface area contributed by atoms with Gasteiger partial charge in [-0.25, -0.2) is 0 Å². The van der Waals surface area contributed by atoms with Gasteiger partial charge in [0.05, 0.1) is 17.4 Å². The van der Waals surface area contributed by atoms with Crippen molar-refractivity contribution in [3.63, 3.8) is 0 Å². The molecular formula is C14H17BrClN3. The number of hydrogen-bond acceptors (Lipinski definition) is 2. The van der Waals surface area contributed by atoms with Crippen LogP contribution in [0, 0.1) is 0 Å². The lowest BCUT2D eigenvalue weighted by Gasteiger charge is -2.18. The van der Waals surface area contributed by atoms with Crippen molar-refractivity contribution >= 4 is 33.2 Å². The summed E-state index contributed by atoms with van der Waals surface area (Å²) < 4.78 is 2.97. The van der Waals surface area contributed by atoms with Gasteiger partial charge in [-0.05, 0) is 54.9 Å². The molecule has 0 unspecified atom stereocenters. The maximum atomic E-state index is 5.99. The molecule has 0 bridgehead atoms. The Kier molecular flexibility index (Phi) is 4.21. The molecule has 0 aliphatic carbocycles. The Bertz CT molecular complexity index is 572. The highest BCUT2D eigenvalue weighted by atomic mass is 79.9. The van der Waals surface area contributed by atoms with Crippen LogP contribution in [0.3, 0.4) is 0 Å². The van der Waals surface area contributed by atoms with Crippen molar-refractivity contribution in [2.45, 2.75) is 32.9 Å². The van der Waals surface area contributed by atoms with Gasteiger partial charge in [0.15, 0.2) is 0 Å². The van der Waals surface area contributed by atoms with Crippen LogP contribution in [0.2, 0.25) is 5.02 Å². The van der Waals surface area contributed by atoms with Crippen LogP contribution >= 0.6 is 27.5 Å². The van der Waals surface area contributed by atoms with Crippen LogP contribution in [-0.2, 0) is 12.1 Å². The number of nitrogens with one attached hydrogen (secondary N) is 1. The molecular weight excluding hydrogens is 326 g/mol. The topological polar surface area (TPSA) is 29.9 Å². The average Bonchev–Trinajstić information content (AvgIpc) is 2.79. The van der Waals surface area contributed by atoms with Crippen molar-refractivity contribution in [1.29, 1.82) is 0 Å². The van der Waals surface area contributed by atoms with Gasteiger partial charge < -0.3 is 5.32 Å². The lowest BCUT2D eigenvalue weighted by Crippen LogP contribution is -2.21. The zero-order chi connectivity index (χ0) is 14.0. The molecule has 0 aliphatic heterocycles. The van der Waals surface area contributed by atoms with Crippen LogP contribution in [0.25, 0.3) is 0 Å². The van der Waals surface area contributed by atoms with Crippen LogP contribution in [0.5, 0.6) is 0 Å². The van der Waals surface area contributed by atoms with E-state index in [0.717, 1.165) is 27.3 Å². The molecule has 1 aromatic heterocycles. The summed E-state index contributed by atoms with van der Waals surface area (Å²) in [6.45, 7) is 7.11. The van der Waals surface area contributed by atoms with E-state index in [9.17, 15) is 0 Å². The summed E-state index contributed by atoms with van der Waals surface area (Å²) >= 11 is 9.48. The standard InChI is InChI=1S/C14H17BrClN3/c1-14(2,3)19-9-10(8-18-19)7-17-13-6-11(16)4-5-12(13)15/h4-6,8-9,17H,7H2,1-3H3. The van der Waals surface area contributed by atoms with E-state index in [2.05, 4.69) is 53.3 Å². The second-order valence-corrected chi connectivity index (χ2v) is 6.73. The van der Waals surface area contributed by atoms with Gasteiger partial charge in [0.25, 0.3) is 0 Å². The van der Waals surface area contributed by atoms with Gasteiger partial charge in [0.1, 0.15) is 0 Å². The third-order valence-corrected chi connectivity index (χ3v) is 3.66. The molecule has 1 heterocycles. The van der Waals surface area contributed by atoms with Crippen molar-refractivity contribution in [1.82, 2.24) is 9.78 Å². The van der Waals surface area contributed by atoms with Crippen molar-refractivity contribution in [2.24, 2.45) is 0 Å². The molecule has 5 heteroatoms. The maximum Gasteiger partial charge on any atom is 0.0543 e. The third kappa shape index (κ3) is 3.74. The van der Waals surface area contributed by atoms with Crippen LogP contribution in [0.1, 0.15) is 26.3 Å². The van der Waals surface area contributed by atoms with Crippen LogP contribution in [-0.4, -0.2) is 9.78 Å². The molecule has 102 valence electrons. The second-order valence-electron chi connectivity index (χ2n) is 5.44. The SMILES string of the molecule is CC(C)(C)n1cc(CNc2cc(Cl)ccc2Br)cn1. The minimum atomic E-state index is 0.00882. The fraction of sp³-hybridized carbons (Fsp3) is 0.357. The van der Waals surface area contributed by atoms with Crippen molar-refractivity contribution < 1.29 is 0 Å². The Morgan fingerprint density at radius 3 is 2.74 bits per heavy atom. The molecule has 2 rings (SSSR count). The molecule has 2 aromatic rings. The summed E-state index contributed by atoms with van der Waals surface area (Å²) in [6, 6.07) is 5.69. The summed E-state index contributed by atoms with van der Waals surface area (Å²) in [6.07, 6.45) is 3.95. The highest BCUT2D eigenvalue weighted by molar-refractivity contribution is 9.10. The maximum absolute atomic E-state index is 5.99. The van der Waals surface area contributed by atoms with Crippen molar-refractivity contribution in [2.75, 3.05) is 5.32 Å². The van der Waals surface area contributed by atoms with Gasteiger partial charge in [-0.2, -0.15) is 5.10 Å². The molecule has 0 radical (unpaired) electrons. The molecule has 0 spiro atoms. The van der Waals surface area contributed by atoms with E-state index in [1.165, 1.54) is 0 Å². The molecule has 19 heavy (non-hydrogen) atoms. The monoisotopic (exact) mass is 341 g/mol. The minimum Gasteiger partial charge on any atom is -0.380 e. The van der Waals surface area contributed by atoms with Crippen LogP contribution in [0.15, 0.2) is 35.1 Å². The first kappa shape index (κ1) is 14.4. The first-order valence-electron chi connectivity index (χ1n) is 6.09. The summed E-state index contributed by atoms with van der Waals surface area (Å²) in [5.41, 5.74) is 2.13. The van der Waals surface area contributed by atoms with Crippen molar-refractivity contribution in [3.05, 3.63) is 45.7 Å². The van der Waals surface area contributed by atoms with E-state index in [-0.39, 0.29) is 5.54 Å². The molecule has 0 aliphatic rings. The molecule has 0 saturated carbocycles. The zero-order valence-corrected chi connectivity index (χ0v) is 13.6. The second kappa shape index (κ2) is 5.55. The highest BCUT2D eigenvalue weighted by Gasteiger charge is 2.13. The number of aromatic nitrogens is 2. The fourth-order valence-corrected chi connectivity index (χ4v) is 2.21. The lowest BCUT2D eigenvalue weighted by atomic mass is 10.1. The fourth-order valence-electron chi connectivity index (χ4n) is 1.65. The van der Waals surface area contributed by atoms with E-state index < -0.39 is 0 Å². The molecule has 3 nitrogen and oxygen atoms in total. The summed E-state index contributed by atoms with van der Waals surface area (Å²) in [5, 5.41) is 8.45. The number of benzene rings is 1. The van der Waals surface area contributed by atoms with Gasteiger partial charge in [-0.1, -0.05) is 11.6 Å². The van der Waals surface area contributed by atoms with Crippen LogP contribution in [0.4, 0.5) is 5.69 Å². The lowest BCUT2D eigenvalue weighted by molar-refractivity contribution is 0.355. The van der Waals surface area contributed by atoms with E-state index in [1.54, 1.807) is 0 Å². The number of nitrogens with zero attached hydrogens (tertiary/aromatic N) is 2. The van der Waals surface area contributed by atoms with E-state index in [1.807, 2.05) is 29.1 Å². The van der Waals surface area contributed by atoms with E-state index in [0.29, 0.717) is 0 Å². The van der Waals surface area contributed by atoms with E-state index >= 15 is 0 Å². The zero-order valence-electron chi connectivity index (χ0n) is 11.2. The van der Waals surface area contributed by atoms with Crippen molar-refractivity contribution in [3.8, 4) is 0 Å². The largest absolute Gasteiger partial charge is 0.380 e. The number of halogens is 2. The van der Waals surface area contributed by atoms with E-state index in [4.69, 9.17) is 11.6 Å².